The van der Waals surface area contributed by atoms with E-state index >= 15 is 0 Å². The van der Waals surface area contributed by atoms with E-state index in [0.717, 1.165) is 5.82 Å². The first-order chi connectivity index (χ1) is 6.27. The molecule has 1 aromatic rings. The van der Waals surface area contributed by atoms with Gasteiger partial charge in [-0.05, 0) is 18.6 Å². The second-order valence-corrected chi connectivity index (χ2v) is 4.73. The van der Waals surface area contributed by atoms with Gasteiger partial charge in [0.25, 0.3) is 0 Å². The average Bonchev–Trinajstić information content (AvgIpc) is 2.47. The Hall–Kier alpha value is -0.640. The Kier molecular flexibility index (Phi) is 2.49. The summed E-state index contributed by atoms with van der Waals surface area (Å²) >= 11 is 1.95. The van der Waals surface area contributed by atoms with Crippen LogP contribution in [0.15, 0.2) is 6.20 Å². The van der Waals surface area contributed by atoms with Crippen LogP contribution >= 0.6 is 11.8 Å². The molecule has 0 amide bonds. The van der Waals surface area contributed by atoms with Gasteiger partial charge in [0.15, 0.2) is 0 Å². The number of nitrogens with zero attached hydrogens (tertiary/aromatic N) is 2. The van der Waals surface area contributed by atoms with Gasteiger partial charge in [-0.2, -0.15) is 16.7 Å². The minimum Gasteiger partial charge on any atom is -0.492 e. The molecule has 1 aromatic heterocycles. The number of hydrogen-bond acceptors (Lipinski definition) is 3. The van der Waals surface area contributed by atoms with Gasteiger partial charge in [-0.15, -0.1) is 0 Å². The third-order valence-electron chi connectivity index (χ3n) is 2.37. The van der Waals surface area contributed by atoms with Crippen molar-refractivity contribution in [2.24, 2.45) is 7.05 Å². The Morgan fingerprint density at radius 1 is 1.62 bits per heavy atom. The molecule has 72 valence electrons. The lowest BCUT2D eigenvalue weighted by Crippen LogP contribution is -2.07. The summed E-state index contributed by atoms with van der Waals surface area (Å²) in [5.74, 6) is 2.38. The molecule has 0 aliphatic carbocycles. The third kappa shape index (κ3) is 1.82. The molecule has 0 bridgehead atoms. The molecule has 1 saturated heterocycles. The van der Waals surface area contributed by atoms with Crippen LogP contribution in [0.1, 0.15) is 30.3 Å². The lowest BCUT2D eigenvalue weighted by molar-refractivity contribution is 0.454. The Bertz CT molecular complexity index is 292. The molecule has 1 atom stereocenters. The fraction of sp³-hybridized carbons (Fsp3) is 0.667. The van der Waals surface area contributed by atoms with Crippen LogP contribution < -0.4 is 0 Å². The predicted molar refractivity (Wildman–Crippen MR) is 53.9 cm³/mol. The fourth-order valence-electron chi connectivity index (χ4n) is 1.71. The maximum atomic E-state index is 9.22. The van der Waals surface area contributed by atoms with E-state index in [9.17, 15) is 5.11 Å². The molecule has 1 fully saturated rings. The van der Waals surface area contributed by atoms with Crippen molar-refractivity contribution in [2.45, 2.75) is 24.5 Å². The number of imidazole rings is 1. The lowest BCUT2D eigenvalue weighted by atomic mass is 10.2. The van der Waals surface area contributed by atoms with Gasteiger partial charge in [-0.25, -0.2) is 0 Å². The van der Waals surface area contributed by atoms with Gasteiger partial charge in [0.1, 0.15) is 5.82 Å². The molecule has 0 aromatic carbocycles. The van der Waals surface area contributed by atoms with Crippen LogP contribution in [0.5, 0.6) is 5.88 Å². The van der Waals surface area contributed by atoms with E-state index < -0.39 is 0 Å². The molecule has 0 radical (unpaired) electrons. The molecule has 0 spiro atoms. The van der Waals surface area contributed by atoms with E-state index in [1.54, 1.807) is 6.20 Å². The zero-order valence-corrected chi connectivity index (χ0v) is 8.55. The Morgan fingerprint density at radius 2 is 2.46 bits per heavy atom. The highest BCUT2D eigenvalue weighted by Gasteiger charge is 2.20. The van der Waals surface area contributed by atoms with Crippen LogP contribution in [-0.4, -0.2) is 20.4 Å². The molecule has 1 aliphatic heterocycles. The highest BCUT2D eigenvalue weighted by molar-refractivity contribution is 7.99. The van der Waals surface area contributed by atoms with Crippen molar-refractivity contribution in [1.29, 1.82) is 0 Å². The monoisotopic (exact) mass is 198 g/mol. The third-order valence-corrected chi connectivity index (χ3v) is 3.74. The number of aromatic hydroxyl groups is 1. The van der Waals surface area contributed by atoms with Crippen molar-refractivity contribution in [3.8, 4) is 5.88 Å². The van der Waals surface area contributed by atoms with Crippen molar-refractivity contribution < 1.29 is 5.11 Å². The second kappa shape index (κ2) is 3.62. The van der Waals surface area contributed by atoms with Crippen molar-refractivity contribution in [2.75, 3.05) is 5.75 Å². The van der Waals surface area contributed by atoms with Crippen molar-refractivity contribution in [3.63, 3.8) is 0 Å². The van der Waals surface area contributed by atoms with E-state index in [1.165, 1.54) is 25.0 Å². The largest absolute Gasteiger partial charge is 0.492 e. The van der Waals surface area contributed by atoms with Crippen LogP contribution in [0.25, 0.3) is 0 Å². The maximum Gasteiger partial charge on any atom is 0.229 e. The fourth-order valence-corrected chi connectivity index (χ4v) is 3.06. The van der Waals surface area contributed by atoms with Gasteiger partial charge in [0.2, 0.25) is 5.88 Å². The number of hydrogen-bond donors (Lipinski definition) is 1. The summed E-state index contributed by atoms with van der Waals surface area (Å²) in [4.78, 5) is 4.13. The van der Waals surface area contributed by atoms with Crippen molar-refractivity contribution >= 4 is 11.8 Å². The van der Waals surface area contributed by atoms with Crippen LogP contribution in [0, 0.1) is 0 Å². The summed E-state index contributed by atoms with van der Waals surface area (Å²) in [5.41, 5.74) is 0. The van der Waals surface area contributed by atoms with E-state index in [-0.39, 0.29) is 5.88 Å². The SMILES string of the molecule is Cn1cc(O)nc1C1CCCCS1. The smallest absolute Gasteiger partial charge is 0.229 e. The number of thioether (sulfide) groups is 1. The average molecular weight is 198 g/mol. The number of aryl methyl sites for hydroxylation is 1. The number of aromatic nitrogens is 2. The minimum absolute atomic E-state index is 0.142. The van der Waals surface area contributed by atoms with Gasteiger partial charge in [0.05, 0.1) is 11.4 Å². The van der Waals surface area contributed by atoms with Gasteiger partial charge >= 0.3 is 0 Å². The molecule has 1 N–H and O–H groups in total. The van der Waals surface area contributed by atoms with Crippen LogP contribution in [-0.2, 0) is 7.05 Å². The Morgan fingerprint density at radius 3 is 3.00 bits per heavy atom. The molecular formula is C9H14N2OS. The second-order valence-electron chi connectivity index (χ2n) is 3.42. The van der Waals surface area contributed by atoms with Gasteiger partial charge in [-0.1, -0.05) is 6.42 Å². The van der Waals surface area contributed by atoms with E-state index in [1.807, 2.05) is 23.4 Å². The highest BCUT2D eigenvalue weighted by Crippen LogP contribution is 2.37. The van der Waals surface area contributed by atoms with Crippen LogP contribution in [0.2, 0.25) is 0 Å². The zero-order valence-electron chi connectivity index (χ0n) is 7.73. The van der Waals surface area contributed by atoms with Gasteiger partial charge in [-0.3, -0.25) is 0 Å². The Balaban J connectivity index is 2.18. The molecule has 1 aliphatic rings. The molecule has 2 heterocycles. The first-order valence-corrected chi connectivity index (χ1v) is 5.66. The van der Waals surface area contributed by atoms with Crippen LogP contribution in [0.4, 0.5) is 0 Å². The van der Waals surface area contributed by atoms with E-state index in [4.69, 9.17) is 0 Å². The zero-order chi connectivity index (χ0) is 9.26. The topological polar surface area (TPSA) is 38.0 Å². The minimum atomic E-state index is 0.142. The van der Waals surface area contributed by atoms with Crippen LogP contribution in [0.3, 0.4) is 0 Å². The van der Waals surface area contributed by atoms with Crippen molar-refractivity contribution in [1.82, 2.24) is 9.55 Å². The van der Waals surface area contributed by atoms with E-state index in [2.05, 4.69) is 4.98 Å². The molecule has 0 saturated carbocycles. The normalized spacial score (nSPS) is 23.3. The van der Waals surface area contributed by atoms with Gasteiger partial charge < -0.3 is 9.67 Å². The van der Waals surface area contributed by atoms with Gasteiger partial charge in [0, 0.05) is 7.05 Å². The standard InChI is InChI=1S/C9H14N2OS/c1-11-6-8(12)10-9(11)7-4-2-3-5-13-7/h6-7,12H,2-5H2,1H3. The molecule has 13 heavy (non-hydrogen) atoms. The molecular weight excluding hydrogens is 184 g/mol. The molecule has 4 heteroatoms. The lowest BCUT2D eigenvalue weighted by Gasteiger charge is -2.20. The maximum absolute atomic E-state index is 9.22. The predicted octanol–water partition coefficient (Wildman–Crippen LogP) is 2.08. The summed E-state index contributed by atoms with van der Waals surface area (Å²) in [7, 11) is 1.94. The number of rotatable bonds is 1. The summed E-state index contributed by atoms with van der Waals surface area (Å²) in [6.45, 7) is 0. The Labute approximate surface area is 82.2 Å². The summed E-state index contributed by atoms with van der Waals surface area (Å²) in [5, 5.41) is 9.71. The summed E-state index contributed by atoms with van der Waals surface area (Å²) in [6.07, 6.45) is 5.46. The molecule has 2 rings (SSSR count). The summed E-state index contributed by atoms with van der Waals surface area (Å²) in [6, 6.07) is 0. The molecule has 1 unspecified atom stereocenters. The quantitative estimate of drug-likeness (QED) is 0.750. The summed E-state index contributed by atoms with van der Waals surface area (Å²) < 4.78 is 1.93. The van der Waals surface area contributed by atoms with Crippen molar-refractivity contribution in [3.05, 3.63) is 12.0 Å². The first-order valence-electron chi connectivity index (χ1n) is 4.61. The molecule has 3 nitrogen and oxygen atoms in total. The highest BCUT2D eigenvalue weighted by atomic mass is 32.2. The first kappa shape index (κ1) is 8.94. The van der Waals surface area contributed by atoms with E-state index in [0.29, 0.717) is 5.25 Å².